The maximum Gasteiger partial charge on any atom is 0.118 e. The van der Waals surface area contributed by atoms with E-state index in [4.69, 9.17) is 10.8 Å². The Morgan fingerprint density at radius 1 is 1.24 bits per heavy atom. The predicted molar refractivity (Wildman–Crippen MR) is 104 cm³/mol. The summed E-state index contributed by atoms with van der Waals surface area (Å²) in [6.07, 6.45) is 5.35. The number of hydrogen-bond acceptors (Lipinski definition) is 4. The Kier molecular flexibility index (Phi) is 4.95. The number of hydrogen-bond donors (Lipinski definition) is 2. The molecule has 2 heterocycles. The first-order valence-electron chi connectivity index (χ1n) is 8.16. The van der Waals surface area contributed by atoms with Gasteiger partial charge in [-0.05, 0) is 25.1 Å². The Morgan fingerprint density at radius 2 is 2.00 bits per heavy atom. The van der Waals surface area contributed by atoms with Crippen LogP contribution in [0.1, 0.15) is 12.5 Å². The molecule has 0 amide bonds. The van der Waals surface area contributed by atoms with E-state index >= 15 is 0 Å². The number of nitrogens with zero attached hydrogens (tertiary/aromatic N) is 3. The number of nitrogens with two attached hydrogens (primary N) is 1. The van der Waals surface area contributed by atoms with E-state index in [-0.39, 0.29) is 0 Å². The zero-order valence-corrected chi connectivity index (χ0v) is 14.2. The number of allylic oxidation sites excluding steroid dienone is 1. The molecule has 5 nitrogen and oxygen atoms in total. The summed E-state index contributed by atoms with van der Waals surface area (Å²) < 4.78 is 1.84. The Morgan fingerprint density at radius 3 is 2.76 bits per heavy atom. The molecule has 0 unspecified atom stereocenters. The van der Waals surface area contributed by atoms with Crippen LogP contribution < -0.4 is 11.1 Å². The van der Waals surface area contributed by atoms with Gasteiger partial charge in [0.15, 0.2) is 0 Å². The average molecular weight is 331 g/mol. The second-order valence-electron chi connectivity index (χ2n) is 5.50. The van der Waals surface area contributed by atoms with Crippen LogP contribution in [-0.4, -0.2) is 22.4 Å². The number of nitrogens with one attached hydrogen (secondary N) is 1. The summed E-state index contributed by atoms with van der Waals surface area (Å²) in [5.74, 6) is 0.606. The summed E-state index contributed by atoms with van der Waals surface area (Å²) >= 11 is 0. The van der Waals surface area contributed by atoms with E-state index in [1.54, 1.807) is 12.3 Å². The van der Waals surface area contributed by atoms with Crippen LogP contribution in [0.3, 0.4) is 0 Å². The van der Waals surface area contributed by atoms with Crippen molar-refractivity contribution < 1.29 is 0 Å². The Bertz CT molecular complexity index is 935. The van der Waals surface area contributed by atoms with Crippen LogP contribution in [0.5, 0.6) is 0 Å². The maximum atomic E-state index is 6.37. The molecule has 0 aliphatic rings. The Balaban J connectivity index is 2.06. The summed E-state index contributed by atoms with van der Waals surface area (Å²) in [6, 6.07) is 15.9. The summed E-state index contributed by atoms with van der Waals surface area (Å²) in [5, 5.41) is 7.74. The van der Waals surface area contributed by atoms with Crippen molar-refractivity contribution in [2.24, 2.45) is 10.7 Å². The molecule has 3 N–H and O–H groups in total. The fourth-order valence-corrected chi connectivity index (χ4v) is 2.62. The van der Waals surface area contributed by atoms with Gasteiger partial charge in [0, 0.05) is 30.2 Å². The summed E-state index contributed by atoms with van der Waals surface area (Å²) in [7, 11) is 0. The highest BCUT2D eigenvalue weighted by Gasteiger charge is 2.15. The molecule has 0 radical (unpaired) electrons. The molecule has 25 heavy (non-hydrogen) atoms. The van der Waals surface area contributed by atoms with Gasteiger partial charge in [-0.15, -0.1) is 0 Å². The SMILES string of the molecule is C=C(N=C/C=C(\N)c1c(-c2ccccc2)nn2ccccc12)NCC. The quantitative estimate of drug-likeness (QED) is 0.680. The molecule has 0 aliphatic heterocycles. The van der Waals surface area contributed by atoms with Crippen LogP contribution >= 0.6 is 0 Å². The molecule has 0 saturated heterocycles. The molecule has 0 spiro atoms. The van der Waals surface area contributed by atoms with Crippen molar-refractivity contribution >= 4 is 17.4 Å². The van der Waals surface area contributed by atoms with Crippen molar-refractivity contribution in [2.75, 3.05) is 6.54 Å². The van der Waals surface area contributed by atoms with Crippen molar-refractivity contribution in [2.45, 2.75) is 6.92 Å². The number of fused-ring (bicyclic) bond motifs is 1. The van der Waals surface area contributed by atoms with Gasteiger partial charge < -0.3 is 11.1 Å². The monoisotopic (exact) mass is 331 g/mol. The van der Waals surface area contributed by atoms with Gasteiger partial charge in [0.05, 0.1) is 11.1 Å². The highest BCUT2D eigenvalue weighted by Crippen LogP contribution is 2.29. The van der Waals surface area contributed by atoms with Gasteiger partial charge in [-0.2, -0.15) is 5.10 Å². The van der Waals surface area contributed by atoms with E-state index in [0.29, 0.717) is 11.5 Å². The molecular formula is C20H21N5. The molecule has 2 aromatic heterocycles. The third-order valence-corrected chi connectivity index (χ3v) is 3.74. The van der Waals surface area contributed by atoms with E-state index in [9.17, 15) is 0 Å². The minimum atomic E-state index is 0.605. The maximum absolute atomic E-state index is 6.37. The number of benzene rings is 1. The van der Waals surface area contributed by atoms with Gasteiger partial charge in [0.25, 0.3) is 0 Å². The van der Waals surface area contributed by atoms with E-state index < -0.39 is 0 Å². The van der Waals surface area contributed by atoms with Crippen LogP contribution in [0.25, 0.3) is 22.5 Å². The summed E-state index contributed by atoms with van der Waals surface area (Å²) in [4.78, 5) is 4.23. The molecule has 1 aromatic carbocycles. The first kappa shape index (κ1) is 16.5. The molecule has 0 aliphatic carbocycles. The third-order valence-electron chi connectivity index (χ3n) is 3.74. The topological polar surface area (TPSA) is 67.7 Å². The van der Waals surface area contributed by atoms with E-state index in [0.717, 1.165) is 28.9 Å². The van der Waals surface area contributed by atoms with Crippen LogP contribution in [0.4, 0.5) is 0 Å². The lowest BCUT2D eigenvalue weighted by Gasteiger charge is -2.03. The number of aromatic nitrogens is 2. The highest BCUT2D eigenvalue weighted by atomic mass is 15.2. The first-order chi connectivity index (χ1) is 12.2. The van der Waals surface area contributed by atoms with Crippen molar-refractivity contribution in [1.82, 2.24) is 14.9 Å². The Labute approximate surface area is 147 Å². The zero-order valence-electron chi connectivity index (χ0n) is 14.2. The minimum absolute atomic E-state index is 0.605. The lowest BCUT2D eigenvalue weighted by atomic mass is 10.0. The summed E-state index contributed by atoms with van der Waals surface area (Å²) in [5.41, 5.74) is 10.7. The molecule has 126 valence electrons. The van der Waals surface area contributed by atoms with Crippen molar-refractivity contribution in [3.63, 3.8) is 0 Å². The van der Waals surface area contributed by atoms with E-state index in [2.05, 4.69) is 16.9 Å². The van der Waals surface area contributed by atoms with Crippen LogP contribution in [-0.2, 0) is 0 Å². The van der Waals surface area contributed by atoms with Gasteiger partial charge in [-0.1, -0.05) is 43.0 Å². The van der Waals surface area contributed by atoms with Crippen molar-refractivity contribution in [3.05, 3.63) is 78.8 Å². The van der Waals surface area contributed by atoms with Crippen LogP contribution in [0.2, 0.25) is 0 Å². The number of rotatable bonds is 6. The number of pyridine rings is 1. The highest BCUT2D eigenvalue weighted by molar-refractivity contribution is 5.93. The van der Waals surface area contributed by atoms with Crippen LogP contribution in [0.15, 0.2) is 78.2 Å². The fourth-order valence-electron chi connectivity index (χ4n) is 2.62. The van der Waals surface area contributed by atoms with Gasteiger partial charge in [-0.25, -0.2) is 9.51 Å². The van der Waals surface area contributed by atoms with Gasteiger partial charge in [-0.3, -0.25) is 0 Å². The van der Waals surface area contributed by atoms with Crippen LogP contribution in [0, 0.1) is 0 Å². The Hall–Kier alpha value is -3.34. The normalized spacial score (nSPS) is 12.0. The minimum Gasteiger partial charge on any atom is -0.398 e. The smallest absolute Gasteiger partial charge is 0.118 e. The fraction of sp³-hybridized carbons (Fsp3) is 0.100. The molecule has 3 aromatic rings. The van der Waals surface area contributed by atoms with E-state index in [1.165, 1.54) is 0 Å². The molecule has 5 heteroatoms. The molecule has 0 fully saturated rings. The van der Waals surface area contributed by atoms with E-state index in [1.807, 2.05) is 66.2 Å². The number of aliphatic imine (C=N–C) groups is 1. The van der Waals surface area contributed by atoms with Gasteiger partial charge in [0.2, 0.25) is 0 Å². The largest absolute Gasteiger partial charge is 0.398 e. The second kappa shape index (κ2) is 7.49. The molecule has 3 rings (SSSR count). The molecule has 0 atom stereocenters. The summed E-state index contributed by atoms with van der Waals surface area (Å²) in [6.45, 7) is 6.60. The second-order valence-corrected chi connectivity index (χ2v) is 5.50. The predicted octanol–water partition coefficient (Wildman–Crippen LogP) is 3.45. The third kappa shape index (κ3) is 3.61. The van der Waals surface area contributed by atoms with Gasteiger partial charge in [0.1, 0.15) is 11.5 Å². The molecule has 0 saturated carbocycles. The van der Waals surface area contributed by atoms with Crippen molar-refractivity contribution in [1.29, 1.82) is 0 Å². The molecule has 0 bridgehead atoms. The first-order valence-corrected chi connectivity index (χ1v) is 8.16. The average Bonchev–Trinajstić information content (AvgIpc) is 3.02. The van der Waals surface area contributed by atoms with Crippen molar-refractivity contribution in [3.8, 4) is 11.3 Å². The lowest BCUT2D eigenvalue weighted by molar-refractivity contribution is 0.847. The molecular weight excluding hydrogens is 310 g/mol. The standard InChI is InChI=1S/C20H21N5/c1-3-22-15(2)23-13-12-17(21)19-18-11-7-8-14-25(18)24-20(19)16-9-5-4-6-10-16/h4-14,22H,2-3,21H2,1H3/b17-12-,23-13?. The van der Waals surface area contributed by atoms with Gasteiger partial charge >= 0.3 is 0 Å². The lowest BCUT2D eigenvalue weighted by Crippen LogP contribution is -2.08. The zero-order chi connectivity index (χ0) is 17.6.